The summed E-state index contributed by atoms with van der Waals surface area (Å²) in [6.45, 7) is 0.994. The minimum Gasteiger partial charge on any atom is -0.451 e. The minimum atomic E-state index is -0.689. The van der Waals surface area contributed by atoms with Crippen LogP contribution in [-0.4, -0.2) is 29.3 Å². The number of nitrogens with one attached hydrogen (secondary N) is 2. The molecule has 0 radical (unpaired) electrons. The molecule has 0 fully saturated rings. The van der Waals surface area contributed by atoms with E-state index in [1.54, 1.807) is 24.3 Å². The number of para-hydroxylation sites is 1. The molecule has 2 rings (SSSR count). The van der Waals surface area contributed by atoms with Gasteiger partial charge >= 0.3 is 5.97 Å². The Labute approximate surface area is 121 Å². The molecule has 0 saturated heterocycles. The van der Waals surface area contributed by atoms with Gasteiger partial charge in [-0.3, -0.25) is 9.59 Å². The standard InChI is InChI=1S/C15H14N2O4/c1-10(18)11-7-13(16-8-11)15(20)21-9-14(19)17-12-5-3-2-4-6-12/h2-8,16H,9H2,1H3,(H,17,19). The second-order valence-electron chi connectivity index (χ2n) is 4.35. The molecule has 6 heteroatoms. The first-order valence-corrected chi connectivity index (χ1v) is 6.27. The summed E-state index contributed by atoms with van der Waals surface area (Å²) in [7, 11) is 0. The topological polar surface area (TPSA) is 88.3 Å². The fraction of sp³-hybridized carbons (Fsp3) is 0.133. The number of Topliss-reactive ketones (excluding diaryl/α,β-unsaturated/α-hetero) is 1. The van der Waals surface area contributed by atoms with Gasteiger partial charge < -0.3 is 15.0 Å². The number of H-pyrrole nitrogens is 1. The van der Waals surface area contributed by atoms with E-state index in [-0.39, 0.29) is 11.5 Å². The average Bonchev–Trinajstić information content (AvgIpc) is 2.96. The molecule has 108 valence electrons. The monoisotopic (exact) mass is 286 g/mol. The average molecular weight is 286 g/mol. The van der Waals surface area contributed by atoms with Crippen molar-refractivity contribution in [2.75, 3.05) is 11.9 Å². The van der Waals surface area contributed by atoms with Crippen LogP contribution < -0.4 is 5.32 Å². The van der Waals surface area contributed by atoms with Crippen molar-refractivity contribution in [2.24, 2.45) is 0 Å². The molecule has 0 aliphatic rings. The van der Waals surface area contributed by atoms with Crippen LogP contribution in [0.3, 0.4) is 0 Å². The van der Waals surface area contributed by atoms with E-state index in [1.165, 1.54) is 19.2 Å². The molecule has 0 atom stereocenters. The SMILES string of the molecule is CC(=O)c1c[nH]c(C(=O)OCC(=O)Nc2ccccc2)c1. The number of aromatic amines is 1. The van der Waals surface area contributed by atoms with Gasteiger partial charge in [0.25, 0.3) is 5.91 Å². The van der Waals surface area contributed by atoms with Crippen LogP contribution in [0.25, 0.3) is 0 Å². The van der Waals surface area contributed by atoms with E-state index in [0.717, 1.165) is 0 Å². The number of benzene rings is 1. The van der Waals surface area contributed by atoms with Crippen LogP contribution in [0.2, 0.25) is 0 Å². The highest BCUT2D eigenvalue weighted by Gasteiger charge is 2.13. The molecule has 1 amide bonds. The normalized spacial score (nSPS) is 9.95. The number of aromatic nitrogens is 1. The van der Waals surface area contributed by atoms with E-state index in [1.807, 2.05) is 6.07 Å². The summed E-state index contributed by atoms with van der Waals surface area (Å²) in [5.74, 6) is -1.29. The summed E-state index contributed by atoms with van der Waals surface area (Å²) in [6.07, 6.45) is 1.42. The Balaban J connectivity index is 1.85. The molecule has 2 N–H and O–H groups in total. The van der Waals surface area contributed by atoms with Gasteiger partial charge in [-0.25, -0.2) is 4.79 Å². The third-order valence-corrected chi connectivity index (χ3v) is 2.70. The van der Waals surface area contributed by atoms with Gasteiger partial charge in [-0.2, -0.15) is 0 Å². The Morgan fingerprint density at radius 3 is 2.52 bits per heavy atom. The van der Waals surface area contributed by atoms with Gasteiger partial charge in [0.05, 0.1) is 0 Å². The van der Waals surface area contributed by atoms with Crippen molar-refractivity contribution in [3.8, 4) is 0 Å². The smallest absolute Gasteiger partial charge is 0.355 e. The highest BCUT2D eigenvalue weighted by atomic mass is 16.5. The summed E-state index contributed by atoms with van der Waals surface area (Å²) < 4.78 is 4.86. The van der Waals surface area contributed by atoms with Crippen molar-refractivity contribution in [1.82, 2.24) is 4.98 Å². The molecule has 21 heavy (non-hydrogen) atoms. The first kappa shape index (κ1) is 14.5. The van der Waals surface area contributed by atoms with E-state index in [2.05, 4.69) is 10.3 Å². The number of rotatable bonds is 5. The van der Waals surface area contributed by atoms with Crippen LogP contribution in [0.1, 0.15) is 27.8 Å². The van der Waals surface area contributed by atoms with Crippen LogP contribution >= 0.6 is 0 Å². The number of hydrogen-bond donors (Lipinski definition) is 2. The summed E-state index contributed by atoms with van der Waals surface area (Å²) in [6, 6.07) is 10.2. The largest absolute Gasteiger partial charge is 0.451 e. The first-order valence-electron chi connectivity index (χ1n) is 6.27. The molecule has 0 aliphatic carbocycles. The maximum absolute atomic E-state index is 11.7. The van der Waals surface area contributed by atoms with E-state index in [0.29, 0.717) is 11.3 Å². The van der Waals surface area contributed by atoms with Crippen LogP contribution in [0, 0.1) is 0 Å². The van der Waals surface area contributed by atoms with Gasteiger partial charge in [0.15, 0.2) is 12.4 Å². The quantitative estimate of drug-likeness (QED) is 0.650. The van der Waals surface area contributed by atoms with Gasteiger partial charge in [-0.05, 0) is 25.1 Å². The molecular weight excluding hydrogens is 272 g/mol. The molecule has 0 aliphatic heterocycles. The second kappa shape index (κ2) is 6.51. The lowest BCUT2D eigenvalue weighted by molar-refractivity contribution is -0.119. The fourth-order valence-corrected chi connectivity index (χ4v) is 1.64. The van der Waals surface area contributed by atoms with Crippen LogP contribution in [-0.2, 0) is 9.53 Å². The molecule has 0 bridgehead atoms. The Morgan fingerprint density at radius 1 is 1.19 bits per heavy atom. The van der Waals surface area contributed by atoms with Crippen molar-refractivity contribution in [2.45, 2.75) is 6.92 Å². The van der Waals surface area contributed by atoms with Crippen molar-refractivity contribution < 1.29 is 19.1 Å². The van der Waals surface area contributed by atoms with E-state index >= 15 is 0 Å². The van der Waals surface area contributed by atoms with E-state index in [9.17, 15) is 14.4 Å². The number of carbonyl (C=O) groups excluding carboxylic acids is 3. The lowest BCUT2D eigenvalue weighted by atomic mass is 10.2. The zero-order chi connectivity index (χ0) is 15.2. The first-order chi connectivity index (χ1) is 10.1. The number of ketones is 1. The Kier molecular flexibility index (Phi) is 4.50. The highest BCUT2D eigenvalue weighted by molar-refractivity contribution is 5.98. The third kappa shape index (κ3) is 4.04. The van der Waals surface area contributed by atoms with Gasteiger partial charge in [-0.1, -0.05) is 18.2 Å². The molecule has 0 unspecified atom stereocenters. The lowest BCUT2D eigenvalue weighted by Crippen LogP contribution is -2.21. The Bertz CT molecular complexity index is 661. The zero-order valence-corrected chi connectivity index (χ0v) is 11.4. The van der Waals surface area contributed by atoms with Crippen LogP contribution in [0.5, 0.6) is 0 Å². The maximum Gasteiger partial charge on any atom is 0.355 e. The van der Waals surface area contributed by atoms with Gasteiger partial charge in [0, 0.05) is 17.4 Å². The summed E-state index contributed by atoms with van der Waals surface area (Å²) in [5, 5.41) is 2.59. The van der Waals surface area contributed by atoms with Crippen molar-refractivity contribution in [1.29, 1.82) is 0 Å². The van der Waals surface area contributed by atoms with Crippen LogP contribution in [0.4, 0.5) is 5.69 Å². The van der Waals surface area contributed by atoms with Crippen molar-refractivity contribution >= 4 is 23.3 Å². The second-order valence-corrected chi connectivity index (χ2v) is 4.35. The number of esters is 1. The van der Waals surface area contributed by atoms with Gasteiger partial charge in [-0.15, -0.1) is 0 Å². The molecule has 1 aromatic carbocycles. The van der Waals surface area contributed by atoms with Crippen molar-refractivity contribution in [3.63, 3.8) is 0 Å². The number of hydrogen-bond acceptors (Lipinski definition) is 4. The fourth-order valence-electron chi connectivity index (χ4n) is 1.64. The number of carbonyl (C=O) groups is 3. The highest BCUT2D eigenvalue weighted by Crippen LogP contribution is 2.07. The molecule has 0 saturated carbocycles. The molecule has 2 aromatic rings. The molecule has 6 nitrogen and oxygen atoms in total. The van der Waals surface area contributed by atoms with Gasteiger partial charge in [0.1, 0.15) is 5.69 Å². The number of anilines is 1. The zero-order valence-electron chi connectivity index (χ0n) is 11.4. The van der Waals surface area contributed by atoms with Crippen molar-refractivity contribution in [3.05, 3.63) is 53.9 Å². The Morgan fingerprint density at radius 2 is 1.90 bits per heavy atom. The third-order valence-electron chi connectivity index (χ3n) is 2.70. The predicted molar refractivity (Wildman–Crippen MR) is 76.2 cm³/mol. The minimum absolute atomic E-state index is 0.132. The molecule has 1 heterocycles. The molecule has 1 aromatic heterocycles. The molecule has 0 spiro atoms. The maximum atomic E-state index is 11.7. The van der Waals surface area contributed by atoms with Gasteiger partial charge in [0.2, 0.25) is 0 Å². The summed E-state index contributed by atoms with van der Waals surface area (Å²) >= 11 is 0. The predicted octanol–water partition coefficient (Wildman–Crippen LogP) is 2.01. The summed E-state index contributed by atoms with van der Waals surface area (Å²) in [5.41, 5.74) is 1.14. The lowest BCUT2D eigenvalue weighted by Gasteiger charge is -2.05. The van der Waals surface area contributed by atoms with E-state index in [4.69, 9.17) is 4.74 Å². The Hall–Kier alpha value is -2.89. The van der Waals surface area contributed by atoms with Crippen LogP contribution in [0.15, 0.2) is 42.6 Å². The molecular formula is C15H14N2O4. The number of amides is 1. The number of ether oxygens (including phenoxy) is 1. The van der Waals surface area contributed by atoms with E-state index < -0.39 is 18.5 Å². The summed E-state index contributed by atoms with van der Waals surface area (Å²) in [4.78, 5) is 37.0.